The third-order valence-electron chi connectivity index (χ3n) is 8.00. The molecule has 3 heteroatoms. The first-order valence-corrected chi connectivity index (χ1v) is 14.0. The van der Waals surface area contributed by atoms with Crippen LogP contribution in [0.1, 0.15) is 5.56 Å². The summed E-state index contributed by atoms with van der Waals surface area (Å²) in [6.45, 7) is 0.815. The molecule has 0 radical (unpaired) electrons. The highest BCUT2D eigenvalue weighted by atomic mass is 15.4. The largest absolute Gasteiger partial charge is 0.305 e. The molecule has 6 aromatic rings. The molecule has 3 nitrogen and oxygen atoms in total. The van der Waals surface area contributed by atoms with Crippen molar-refractivity contribution in [3.63, 3.8) is 0 Å². The van der Waals surface area contributed by atoms with Crippen LogP contribution in [-0.2, 0) is 6.54 Å². The summed E-state index contributed by atoms with van der Waals surface area (Å²) >= 11 is 0. The maximum Gasteiger partial charge on any atom is 0.216 e. The first-order chi connectivity index (χ1) is 20.3. The summed E-state index contributed by atoms with van der Waals surface area (Å²) < 4.78 is 0. The van der Waals surface area contributed by atoms with Gasteiger partial charge in [-0.2, -0.15) is 0 Å². The second kappa shape index (κ2) is 9.65. The van der Waals surface area contributed by atoms with E-state index in [0.717, 1.165) is 29.6 Å². The van der Waals surface area contributed by atoms with Gasteiger partial charge in [0.25, 0.3) is 0 Å². The lowest BCUT2D eigenvalue weighted by molar-refractivity contribution is 0.985. The topological polar surface area (TPSA) is 18.8 Å². The van der Waals surface area contributed by atoms with Crippen LogP contribution in [0, 0.1) is 0 Å². The van der Waals surface area contributed by atoms with E-state index in [0.29, 0.717) is 0 Å². The fourth-order valence-corrected chi connectivity index (χ4v) is 5.96. The smallest absolute Gasteiger partial charge is 0.216 e. The molecule has 0 unspecified atom stereocenters. The van der Waals surface area contributed by atoms with Gasteiger partial charge in [0, 0.05) is 5.69 Å². The Hall–Kier alpha value is -5.41. The van der Waals surface area contributed by atoms with E-state index >= 15 is 0 Å². The SMILES string of the molecule is c1ccc(-c2cc(-c3ccccc3)cc(-c3ccc(N4C5=Nc6ccccc6CN5c5ccccc54)cc3)c2)cc1. The van der Waals surface area contributed by atoms with Gasteiger partial charge in [-0.15, -0.1) is 0 Å². The summed E-state index contributed by atoms with van der Waals surface area (Å²) in [4.78, 5) is 9.72. The van der Waals surface area contributed by atoms with Crippen LogP contribution in [0.25, 0.3) is 33.4 Å². The first kappa shape index (κ1) is 23.5. The van der Waals surface area contributed by atoms with Crippen molar-refractivity contribution < 1.29 is 0 Å². The van der Waals surface area contributed by atoms with Crippen molar-refractivity contribution in [1.82, 2.24) is 0 Å². The van der Waals surface area contributed by atoms with Gasteiger partial charge in [0.15, 0.2) is 0 Å². The van der Waals surface area contributed by atoms with E-state index in [2.05, 4.69) is 161 Å². The van der Waals surface area contributed by atoms with Crippen LogP contribution >= 0.6 is 0 Å². The second-order valence-electron chi connectivity index (χ2n) is 10.5. The maximum atomic E-state index is 5.12. The molecule has 0 atom stereocenters. The van der Waals surface area contributed by atoms with E-state index in [4.69, 9.17) is 4.99 Å². The standard InChI is InChI=1S/C38H27N3/c1-3-11-27(12-4-1)31-23-32(28-13-5-2-6-14-28)25-33(24-31)29-19-21-34(22-20-29)41-37-18-10-9-17-36(37)40-26-30-15-7-8-16-35(30)39-38(40)41/h1-25H,26H2. The fourth-order valence-electron chi connectivity index (χ4n) is 5.96. The molecule has 0 spiro atoms. The van der Waals surface area contributed by atoms with Crippen molar-refractivity contribution in [3.05, 3.63) is 157 Å². The molecular formula is C38H27N3. The number of rotatable bonds is 4. The summed E-state index contributed by atoms with van der Waals surface area (Å²) in [6.07, 6.45) is 0. The van der Waals surface area contributed by atoms with E-state index in [1.54, 1.807) is 0 Å². The number of aliphatic imine (C=N–C) groups is 1. The van der Waals surface area contributed by atoms with E-state index in [1.807, 2.05) is 0 Å². The van der Waals surface area contributed by atoms with Gasteiger partial charge in [0.2, 0.25) is 5.96 Å². The Morgan fingerprint density at radius 1 is 0.439 bits per heavy atom. The highest BCUT2D eigenvalue weighted by Gasteiger charge is 2.36. The summed E-state index contributed by atoms with van der Waals surface area (Å²) in [5.41, 5.74) is 13.0. The minimum absolute atomic E-state index is 0.815. The average Bonchev–Trinajstić information content (AvgIpc) is 3.37. The molecule has 194 valence electrons. The zero-order chi connectivity index (χ0) is 27.2. The number of para-hydroxylation sites is 3. The van der Waals surface area contributed by atoms with Crippen molar-refractivity contribution in [2.24, 2.45) is 4.99 Å². The molecular weight excluding hydrogens is 498 g/mol. The van der Waals surface area contributed by atoms with E-state index < -0.39 is 0 Å². The lowest BCUT2D eigenvalue weighted by Crippen LogP contribution is -2.37. The highest BCUT2D eigenvalue weighted by Crippen LogP contribution is 2.46. The summed E-state index contributed by atoms with van der Waals surface area (Å²) in [7, 11) is 0. The lowest BCUT2D eigenvalue weighted by Gasteiger charge is -2.28. The van der Waals surface area contributed by atoms with Gasteiger partial charge in [-0.3, -0.25) is 4.90 Å². The van der Waals surface area contributed by atoms with Crippen molar-refractivity contribution in [2.75, 3.05) is 9.80 Å². The Kier molecular flexibility index (Phi) is 5.53. The van der Waals surface area contributed by atoms with Crippen molar-refractivity contribution in [1.29, 1.82) is 0 Å². The van der Waals surface area contributed by atoms with Crippen molar-refractivity contribution in [2.45, 2.75) is 6.54 Å². The van der Waals surface area contributed by atoms with Crippen molar-refractivity contribution >= 4 is 28.7 Å². The minimum Gasteiger partial charge on any atom is -0.305 e. The van der Waals surface area contributed by atoms with Gasteiger partial charge in [0.1, 0.15) is 0 Å². The quantitative estimate of drug-likeness (QED) is 0.228. The summed E-state index contributed by atoms with van der Waals surface area (Å²) in [5.74, 6) is 0.954. The predicted octanol–water partition coefficient (Wildman–Crippen LogP) is 9.85. The van der Waals surface area contributed by atoms with Crippen LogP contribution in [0.15, 0.2) is 157 Å². The van der Waals surface area contributed by atoms with Crippen LogP contribution in [0.3, 0.4) is 0 Å². The zero-order valence-corrected chi connectivity index (χ0v) is 22.5. The molecule has 6 aromatic carbocycles. The molecule has 0 N–H and O–H groups in total. The number of hydrogen-bond acceptors (Lipinski definition) is 3. The number of hydrogen-bond donors (Lipinski definition) is 0. The van der Waals surface area contributed by atoms with E-state index in [1.165, 1.54) is 44.6 Å². The molecule has 41 heavy (non-hydrogen) atoms. The van der Waals surface area contributed by atoms with Crippen LogP contribution in [0.4, 0.5) is 22.7 Å². The molecule has 0 aromatic heterocycles. The number of fused-ring (bicyclic) bond motifs is 4. The van der Waals surface area contributed by atoms with Gasteiger partial charge in [0.05, 0.1) is 23.6 Å². The molecule has 8 rings (SSSR count). The lowest BCUT2D eigenvalue weighted by atomic mass is 9.93. The predicted molar refractivity (Wildman–Crippen MR) is 171 cm³/mol. The monoisotopic (exact) mass is 525 g/mol. The minimum atomic E-state index is 0.815. The van der Waals surface area contributed by atoms with Gasteiger partial charge >= 0.3 is 0 Å². The fraction of sp³-hybridized carbons (Fsp3) is 0.0263. The maximum absolute atomic E-state index is 5.12. The Labute approximate surface area is 240 Å². The molecule has 0 saturated heterocycles. The third kappa shape index (κ3) is 4.11. The highest BCUT2D eigenvalue weighted by molar-refractivity contribution is 6.21. The number of anilines is 3. The zero-order valence-electron chi connectivity index (χ0n) is 22.5. The summed E-state index contributed by atoms with van der Waals surface area (Å²) in [5, 5.41) is 0. The normalized spacial score (nSPS) is 13.3. The molecule has 0 bridgehead atoms. The second-order valence-corrected chi connectivity index (χ2v) is 10.5. The molecule has 0 amide bonds. The Balaban J connectivity index is 1.22. The Morgan fingerprint density at radius 3 is 1.59 bits per heavy atom. The molecule has 2 aliphatic heterocycles. The van der Waals surface area contributed by atoms with Crippen LogP contribution < -0.4 is 9.80 Å². The third-order valence-corrected chi connectivity index (χ3v) is 8.00. The van der Waals surface area contributed by atoms with Crippen LogP contribution in [0.5, 0.6) is 0 Å². The number of guanidine groups is 1. The molecule has 2 heterocycles. The first-order valence-electron chi connectivity index (χ1n) is 14.0. The molecule has 0 fully saturated rings. The van der Waals surface area contributed by atoms with Gasteiger partial charge in [-0.1, -0.05) is 103 Å². The van der Waals surface area contributed by atoms with Gasteiger partial charge in [-0.05, 0) is 87.5 Å². The van der Waals surface area contributed by atoms with Crippen LogP contribution in [0.2, 0.25) is 0 Å². The molecule has 0 aliphatic carbocycles. The van der Waals surface area contributed by atoms with Gasteiger partial charge < -0.3 is 4.90 Å². The van der Waals surface area contributed by atoms with Gasteiger partial charge in [-0.25, -0.2) is 4.99 Å². The Morgan fingerprint density at radius 2 is 0.951 bits per heavy atom. The summed E-state index contributed by atoms with van der Waals surface area (Å²) in [6, 6.07) is 54.0. The van der Waals surface area contributed by atoms with Crippen molar-refractivity contribution in [3.8, 4) is 33.4 Å². The van der Waals surface area contributed by atoms with Crippen LogP contribution in [-0.4, -0.2) is 5.96 Å². The average molecular weight is 526 g/mol. The van der Waals surface area contributed by atoms with E-state index in [9.17, 15) is 0 Å². The molecule has 2 aliphatic rings. The number of nitrogens with zero attached hydrogens (tertiary/aromatic N) is 3. The molecule has 0 saturated carbocycles. The Bertz CT molecular complexity index is 1850. The number of benzene rings is 6. The van der Waals surface area contributed by atoms with E-state index in [-0.39, 0.29) is 0 Å².